The summed E-state index contributed by atoms with van der Waals surface area (Å²) in [5, 5.41) is 9.16. The summed E-state index contributed by atoms with van der Waals surface area (Å²) in [6, 6.07) is 0.108. The van der Waals surface area contributed by atoms with Gasteiger partial charge in [0.1, 0.15) is 0 Å². The Hall–Kier alpha value is -1.29. The van der Waals surface area contributed by atoms with Crippen molar-refractivity contribution in [2.45, 2.75) is 52.1 Å². The van der Waals surface area contributed by atoms with Crippen molar-refractivity contribution in [2.75, 3.05) is 0 Å². The summed E-state index contributed by atoms with van der Waals surface area (Å²) in [6.07, 6.45) is 8.55. The van der Waals surface area contributed by atoms with E-state index in [2.05, 4.69) is 6.20 Å². The highest BCUT2D eigenvalue weighted by atomic mass is 16.4. The van der Waals surface area contributed by atoms with Crippen LogP contribution in [0.1, 0.15) is 50.3 Å². The van der Waals surface area contributed by atoms with Gasteiger partial charge < -0.3 is 15.4 Å². The predicted octanol–water partition coefficient (Wildman–Crippen LogP) is 2.33. The first-order valence-electron chi connectivity index (χ1n) is 6.58. The zero-order valence-corrected chi connectivity index (χ0v) is 11.1. The van der Waals surface area contributed by atoms with Gasteiger partial charge in [0.05, 0.1) is 5.41 Å². The van der Waals surface area contributed by atoms with Gasteiger partial charge in [-0.3, -0.25) is 4.79 Å². The van der Waals surface area contributed by atoms with E-state index in [1.807, 2.05) is 10.8 Å². The van der Waals surface area contributed by atoms with E-state index in [0.717, 1.165) is 12.8 Å². The number of carbonyl (C=O) groups is 1. The molecule has 4 nitrogen and oxygen atoms in total. The van der Waals surface area contributed by atoms with Crippen LogP contribution in [0.25, 0.3) is 0 Å². The van der Waals surface area contributed by atoms with Crippen LogP contribution in [0.3, 0.4) is 0 Å². The Morgan fingerprint density at radius 2 is 2.22 bits per heavy atom. The Balaban J connectivity index is 2.22. The molecule has 0 spiro atoms. The Morgan fingerprint density at radius 1 is 1.50 bits per heavy atom. The quantitative estimate of drug-likeness (QED) is 0.809. The van der Waals surface area contributed by atoms with Crippen LogP contribution < -0.4 is 5.73 Å². The highest BCUT2D eigenvalue weighted by Crippen LogP contribution is 2.29. The molecular weight excluding hydrogens is 228 g/mol. The first kappa shape index (κ1) is 13.1. The average molecular weight is 250 g/mol. The molecule has 0 saturated heterocycles. The standard InChI is InChI=1S/C14H22N2O2/c1-14(2,13(17)18)9-16-7-10-5-3-4-6-12(15)11(10)8-16/h7-8,12H,3-6,9,15H2,1-2H3,(H,17,18). The topological polar surface area (TPSA) is 68.2 Å². The van der Waals surface area contributed by atoms with E-state index >= 15 is 0 Å². The lowest BCUT2D eigenvalue weighted by Crippen LogP contribution is -2.28. The van der Waals surface area contributed by atoms with Crippen LogP contribution in [0.5, 0.6) is 0 Å². The van der Waals surface area contributed by atoms with Gasteiger partial charge >= 0.3 is 5.97 Å². The van der Waals surface area contributed by atoms with Gasteiger partial charge in [0.2, 0.25) is 0 Å². The molecule has 1 aliphatic carbocycles. The molecule has 3 N–H and O–H groups in total. The fourth-order valence-electron chi connectivity index (χ4n) is 2.57. The number of nitrogens with two attached hydrogens (primary N) is 1. The lowest BCUT2D eigenvalue weighted by atomic mass is 9.94. The highest BCUT2D eigenvalue weighted by Gasteiger charge is 2.28. The predicted molar refractivity (Wildman–Crippen MR) is 70.3 cm³/mol. The number of rotatable bonds is 3. The zero-order valence-electron chi connectivity index (χ0n) is 11.1. The summed E-state index contributed by atoms with van der Waals surface area (Å²) >= 11 is 0. The summed E-state index contributed by atoms with van der Waals surface area (Å²) in [5.41, 5.74) is 7.90. The number of hydrogen-bond donors (Lipinski definition) is 2. The molecule has 0 aromatic carbocycles. The van der Waals surface area contributed by atoms with E-state index < -0.39 is 11.4 Å². The van der Waals surface area contributed by atoms with Gasteiger partial charge in [0, 0.05) is 25.0 Å². The third kappa shape index (κ3) is 2.58. The minimum Gasteiger partial charge on any atom is -0.481 e. The molecule has 1 aromatic heterocycles. The summed E-state index contributed by atoms with van der Waals surface area (Å²) in [4.78, 5) is 11.1. The molecule has 4 heteroatoms. The molecule has 1 atom stereocenters. The van der Waals surface area contributed by atoms with Crippen LogP contribution >= 0.6 is 0 Å². The second kappa shape index (κ2) is 4.76. The van der Waals surface area contributed by atoms with Crippen LogP contribution in [0.15, 0.2) is 12.4 Å². The second-order valence-corrected chi connectivity index (χ2v) is 5.95. The van der Waals surface area contributed by atoms with E-state index in [-0.39, 0.29) is 6.04 Å². The van der Waals surface area contributed by atoms with Gasteiger partial charge in [-0.2, -0.15) is 0 Å². The van der Waals surface area contributed by atoms with Crippen LogP contribution in [-0.4, -0.2) is 15.6 Å². The smallest absolute Gasteiger partial charge is 0.310 e. The van der Waals surface area contributed by atoms with Crippen LogP contribution in [0.2, 0.25) is 0 Å². The SMILES string of the molecule is CC(C)(Cn1cc2c(c1)C(N)CCCC2)C(=O)O. The molecule has 1 aromatic rings. The Kier molecular flexibility index (Phi) is 3.48. The first-order chi connectivity index (χ1) is 8.40. The number of carboxylic acids is 1. The third-order valence-electron chi connectivity index (χ3n) is 3.76. The summed E-state index contributed by atoms with van der Waals surface area (Å²) in [7, 11) is 0. The monoisotopic (exact) mass is 250 g/mol. The van der Waals surface area contributed by atoms with Crippen molar-refractivity contribution in [3.8, 4) is 0 Å². The van der Waals surface area contributed by atoms with Crippen LogP contribution in [-0.2, 0) is 17.8 Å². The molecule has 0 radical (unpaired) electrons. The average Bonchev–Trinajstić information content (AvgIpc) is 2.58. The first-order valence-corrected chi connectivity index (χ1v) is 6.58. The zero-order chi connectivity index (χ0) is 13.3. The van der Waals surface area contributed by atoms with Crippen molar-refractivity contribution < 1.29 is 9.90 Å². The van der Waals surface area contributed by atoms with Crippen molar-refractivity contribution >= 4 is 5.97 Å². The number of aliphatic carboxylic acids is 1. The lowest BCUT2D eigenvalue weighted by molar-refractivity contribution is -0.147. The molecule has 1 aliphatic rings. The van der Waals surface area contributed by atoms with Crippen LogP contribution in [0.4, 0.5) is 0 Å². The van der Waals surface area contributed by atoms with Crippen molar-refractivity contribution in [1.82, 2.24) is 4.57 Å². The summed E-state index contributed by atoms with van der Waals surface area (Å²) in [6.45, 7) is 3.99. The molecule has 100 valence electrons. The van der Waals surface area contributed by atoms with Gasteiger partial charge in [0.15, 0.2) is 0 Å². The van der Waals surface area contributed by atoms with E-state index in [1.165, 1.54) is 24.0 Å². The van der Waals surface area contributed by atoms with Crippen molar-refractivity contribution in [2.24, 2.45) is 11.1 Å². The van der Waals surface area contributed by atoms with Crippen molar-refractivity contribution in [3.63, 3.8) is 0 Å². The maximum absolute atomic E-state index is 11.1. The Morgan fingerprint density at radius 3 is 2.89 bits per heavy atom. The van der Waals surface area contributed by atoms with Gasteiger partial charge in [-0.15, -0.1) is 0 Å². The fourth-order valence-corrected chi connectivity index (χ4v) is 2.57. The van der Waals surface area contributed by atoms with E-state index in [4.69, 9.17) is 10.8 Å². The minimum absolute atomic E-state index is 0.108. The largest absolute Gasteiger partial charge is 0.481 e. The molecule has 0 aliphatic heterocycles. The van der Waals surface area contributed by atoms with Gasteiger partial charge in [-0.1, -0.05) is 6.42 Å². The molecule has 1 heterocycles. The fraction of sp³-hybridized carbons (Fsp3) is 0.643. The number of nitrogens with zero attached hydrogens (tertiary/aromatic N) is 1. The van der Waals surface area contributed by atoms with Crippen molar-refractivity contribution in [3.05, 3.63) is 23.5 Å². The summed E-state index contributed by atoms with van der Waals surface area (Å²) < 4.78 is 1.99. The Labute approximate surface area is 108 Å². The second-order valence-electron chi connectivity index (χ2n) is 5.95. The van der Waals surface area contributed by atoms with E-state index in [1.54, 1.807) is 13.8 Å². The Bertz CT molecular complexity index is 449. The van der Waals surface area contributed by atoms with Gasteiger partial charge in [0.25, 0.3) is 0 Å². The van der Waals surface area contributed by atoms with Gasteiger partial charge in [-0.05, 0) is 44.2 Å². The maximum Gasteiger partial charge on any atom is 0.310 e. The number of hydrogen-bond acceptors (Lipinski definition) is 2. The molecule has 0 saturated carbocycles. The number of aromatic nitrogens is 1. The van der Waals surface area contributed by atoms with E-state index in [9.17, 15) is 4.79 Å². The molecule has 2 rings (SSSR count). The maximum atomic E-state index is 11.1. The number of fused-ring (bicyclic) bond motifs is 1. The lowest BCUT2D eigenvalue weighted by Gasteiger charge is -2.19. The van der Waals surface area contributed by atoms with Gasteiger partial charge in [-0.25, -0.2) is 0 Å². The van der Waals surface area contributed by atoms with Crippen molar-refractivity contribution in [1.29, 1.82) is 0 Å². The normalized spacial score (nSPS) is 20.3. The van der Waals surface area contributed by atoms with Crippen LogP contribution in [0, 0.1) is 5.41 Å². The molecule has 18 heavy (non-hydrogen) atoms. The molecule has 0 amide bonds. The number of aryl methyl sites for hydroxylation is 1. The highest BCUT2D eigenvalue weighted by molar-refractivity contribution is 5.73. The molecule has 0 fully saturated rings. The minimum atomic E-state index is -0.768. The summed E-state index contributed by atoms with van der Waals surface area (Å²) in [5.74, 6) is -0.768. The molecule has 0 bridgehead atoms. The molecule has 1 unspecified atom stereocenters. The third-order valence-corrected chi connectivity index (χ3v) is 3.76. The number of carboxylic acid groups (broad SMARTS) is 1. The van der Waals surface area contributed by atoms with E-state index in [0.29, 0.717) is 6.54 Å². The molecular formula is C14H22N2O2.